The Morgan fingerprint density at radius 2 is 2.31 bits per heavy atom. The minimum absolute atomic E-state index is 0.597. The van der Waals surface area contributed by atoms with E-state index in [1.165, 1.54) is 0 Å². The van der Waals surface area contributed by atoms with Crippen molar-refractivity contribution in [3.8, 4) is 0 Å². The van der Waals surface area contributed by atoms with Crippen LogP contribution in [0.5, 0.6) is 0 Å². The van der Waals surface area contributed by atoms with E-state index >= 15 is 0 Å². The van der Waals surface area contributed by atoms with Crippen LogP contribution in [0.3, 0.4) is 0 Å². The molecule has 0 unspecified atom stereocenters. The second kappa shape index (κ2) is 4.77. The molecule has 0 saturated heterocycles. The number of nitrogens with two attached hydrogens (primary N) is 1. The summed E-state index contributed by atoms with van der Waals surface area (Å²) in [4.78, 5) is 10.6. The number of rotatable bonds is 4. The Kier molecular flexibility index (Phi) is 3.64. The van der Waals surface area contributed by atoms with E-state index in [-0.39, 0.29) is 0 Å². The van der Waals surface area contributed by atoms with Crippen LogP contribution in [0.2, 0.25) is 0 Å². The minimum Gasteiger partial charge on any atom is -0.360 e. The largest absolute Gasteiger partial charge is 0.360 e. The van der Waals surface area contributed by atoms with Gasteiger partial charge in [0, 0.05) is 26.2 Å². The Morgan fingerprint density at radius 3 is 2.92 bits per heavy atom. The molecule has 72 valence electrons. The SMILES string of the molecule is CCN(C)c1ccnc(CCN)n1. The highest BCUT2D eigenvalue weighted by Gasteiger charge is 2.01. The smallest absolute Gasteiger partial charge is 0.131 e. The van der Waals surface area contributed by atoms with Gasteiger partial charge in [-0.05, 0) is 19.5 Å². The van der Waals surface area contributed by atoms with Crippen molar-refractivity contribution >= 4 is 5.82 Å². The lowest BCUT2D eigenvalue weighted by Crippen LogP contribution is -2.18. The molecular formula is C9H16N4. The fourth-order valence-corrected chi connectivity index (χ4v) is 1.01. The molecule has 1 rings (SSSR count). The first-order valence-electron chi connectivity index (χ1n) is 4.51. The molecule has 0 aliphatic rings. The van der Waals surface area contributed by atoms with Gasteiger partial charge in [-0.15, -0.1) is 0 Å². The number of hydrogen-bond donors (Lipinski definition) is 1. The molecule has 0 aromatic carbocycles. The highest BCUT2D eigenvalue weighted by atomic mass is 15.2. The van der Waals surface area contributed by atoms with Crippen LogP contribution in [0, 0.1) is 0 Å². The summed E-state index contributed by atoms with van der Waals surface area (Å²) in [5.74, 6) is 1.78. The number of aromatic nitrogens is 2. The molecule has 0 amide bonds. The topological polar surface area (TPSA) is 55.0 Å². The Labute approximate surface area is 78.8 Å². The predicted octanol–water partition coefficient (Wildman–Crippen LogP) is 0.434. The summed E-state index contributed by atoms with van der Waals surface area (Å²) in [5, 5.41) is 0. The number of anilines is 1. The van der Waals surface area contributed by atoms with E-state index in [0.717, 1.165) is 24.6 Å². The Hall–Kier alpha value is -1.16. The molecule has 1 aromatic rings. The quantitative estimate of drug-likeness (QED) is 0.730. The summed E-state index contributed by atoms with van der Waals surface area (Å²) in [6.07, 6.45) is 2.52. The molecule has 0 aliphatic heterocycles. The fourth-order valence-electron chi connectivity index (χ4n) is 1.01. The molecule has 2 N–H and O–H groups in total. The average Bonchev–Trinajstić information content (AvgIpc) is 2.18. The molecule has 1 heterocycles. The molecule has 0 bridgehead atoms. The van der Waals surface area contributed by atoms with Gasteiger partial charge in [-0.25, -0.2) is 9.97 Å². The van der Waals surface area contributed by atoms with Gasteiger partial charge < -0.3 is 10.6 Å². The zero-order valence-electron chi connectivity index (χ0n) is 8.20. The molecule has 4 heteroatoms. The summed E-state index contributed by atoms with van der Waals surface area (Å²) in [7, 11) is 2.01. The second-order valence-electron chi connectivity index (χ2n) is 2.88. The minimum atomic E-state index is 0.597. The van der Waals surface area contributed by atoms with E-state index in [9.17, 15) is 0 Å². The van der Waals surface area contributed by atoms with Crippen LogP contribution in [-0.4, -0.2) is 30.1 Å². The van der Waals surface area contributed by atoms with Gasteiger partial charge in [0.25, 0.3) is 0 Å². The van der Waals surface area contributed by atoms with E-state index in [4.69, 9.17) is 5.73 Å². The summed E-state index contributed by atoms with van der Waals surface area (Å²) in [6, 6.07) is 1.91. The van der Waals surface area contributed by atoms with E-state index in [1.54, 1.807) is 6.20 Å². The maximum Gasteiger partial charge on any atom is 0.131 e. The third kappa shape index (κ3) is 2.66. The Bertz CT molecular complexity index is 262. The molecule has 0 saturated carbocycles. The number of hydrogen-bond acceptors (Lipinski definition) is 4. The second-order valence-corrected chi connectivity index (χ2v) is 2.88. The van der Waals surface area contributed by atoms with Crippen molar-refractivity contribution in [1.29, 1.82) is 0 Å². The van der Waals surface area contributed by atoms with E-state index in [2.05, 4.69) is 21.8 Å². The van der Waals surface area contributed by atoms with Crippen LogP contribution in [0.4, 0.5) is 5.82 Å². The molecule has 4 nitrogen and oxygen atoms in total. The standard InChI is InChI=1S/C9H16N4/c1-3-13(2)9-5-7-11-8(12-9)4-6-10/h5,7H,3-4,6,10H2,1-2H3. The summed E-state index contributed by atoms with van der Waals surface area (Å²) >= 11 is 0. The Morgan fingerprint density at radius 1 is 1.54 bits per heavy atom. The molecule has 1 aromatic heterocycles. The van der Waals surface area contributed by atoms with Gasteiger partial charge in [0.1, 0.15) is 11.6 Å². The van der Waals surface area contributed by atoms with Gasteiger partial charge >= 0.3 is 0 Å². The molecule has 0 atom stereocenters. The van der Waals surface area contributed by atoms with Gasteiger partial charge in [-0.1, -0.05) is 0 Å². The maximum absolute atomic E-state index is 5.43. The first kappa shape index (κ1) is 9.92. The van der Waals surface area contributed by atoms with E-state index in [0.29, 0.717) is 6.54 Å². The van der Waals surface area contributed by atoms with Crippen LogP contribution in [0.15, 0.2) is 12.3 Å². The normalized spacial score (nSPS) is 10.1. The lowest BCUT2D eigenvalue weighted by Gasteiger charge is -2.15. The van der Waals surface area contributed by atoms with Crippen LogP contribution >= 0.6 is 0 Å². The molecule has 0 fully saturated rings. The van der Waals surface area contributed by atoms with Crippen molar-refractivity contribution < 1.29 is 0 Å². The first-order valence-corrected chi connectivity index (χ1v) is 4.51. The maximum atomic E-state index is 5.43. The van der Waals surface area contributed by atoms with Crippen molar-refractivity contribution in [2.45, 2.75) is 13.3 Å². The molecule has 0 aliphatic carbocycles. The molecule has 13 heavy (non-hydrogen) atoms. The van der Waals surface area contributed by atoms with Crippen molar-refractivity contribution in [2.75, 3.05) is 25.0 Å². The molecular weight excluding hydrogens is 164 g/mol. The van der Waals surface area contributed by atoms with Crippen molar-refractivity contribution in [2.24, 2.45) is 5.73 Å². The predicted molar refractivity (Wildman–Crippen MR) is 53.7 cm³/mol. The van der Waals surface area contributed by atoms with E-state index < -0.39 is 0 Å². The van der Waals surface area contributed by atoms with Crippen molar-refractivity contribution in [3.63, 3.8) is 0 Å². The van der Waals surface area contributed by atoms with Gasteiger partial charge in [0.15, 0.2) is 0 Å². The van der Waals surface area contributed by atoms with Gasteiger partial charge in [-0.3, -0.25) is 0 Å². The average molecular weight is 180 g/mol. The first-order chi connectivity index (χ1) is 6.27. The van der Waals surface area contributed by atoms with Crippen molar-refractivity contribution in [1.82, 2.24) is 9.97 Å². The Balaban J connectivity index is 2.78. The highest BCUT2D eigenvalue weighted by molar-refractivity contribution is 5.35. The third-order valence-corrected chi connectivity index (χ3v) is 1.92. The van der Waals surface area contributed by atoms with Crippen LogP contribution in [0.1, 0.15) is 12.7 Å². The zero-order chi connectivity index (χ0) is 9.68. The van der Waals surface area contributed by atoms with Crippen LogP contribution in [0.25, 0.3) is 0 Å². The van der Waals surface area contributed by atoms with Gasteiger partial charge in [-0.2, -0.15) is 0 Å². The monoisotopic (exact) mass is 180 g/mol. The zero-order valence-corrected chi connectivity index (χ0v) is 8.20. The molecule has 0 spiro atoms. The lowest BCUT2D eigenvalue weighted by atomic mass is 10.4. The summed E-state index contributed by atoms with van der Waals surface area (Å²) in [6.45, 7) is 3.63. The van der Waals surface area contributed by atoms with Gasteiger partial charge in [0.2, 0.25) is 0 Å². The van der Waals surface area contributed by atoms with Crippen LogP contribution < -0.4 is 10.6 Å². The summed E-state index contributed by atoms with van der Waals surface area (Å²) in [5.41, 5.74) is 5.43. The van der Waals surface area contributed by atoms with Gasteiger partial charge in [0.05, 0.1) is 0 Å². The summed E-state index contributed by atoms with van der Waals surface area (Å²) < 4.78 is 0. The molecule has 0 radical (unpaired) electrons. The van der Waals surface area contributed by atoms with E-state index in [1.807, 2.05) is 13.1 Å². The lowest BCUT2D eigenvalue weighted by molar-refractivity contribution is 0.843. The van der Waals surface area contributed by atoms with Crippen LogP contribution in [-0.2, 0) is 6.42 Å². The number of nitrogens with zero attached hydrogens (tertiary/aromatic N) is 3. The highest BCUT2D eigenvalue weighted by Crippen LogP contribution is 2.06. The fraction of sp³-hybridized carbons (Fsp3) is 0.556. The third-order valence-electron chi connectivity index (χ3n) is 1.92. The van der Waals surface area contributed by atoms with Crippen molar-refractivity contribution in [3.05, 3.63) is 18.1 Å².